The molecule has 3 rings (SSSR count). The summed E-state index contributed by atoms with van der Waals surface area (Å²) < 4.78 is 10.3. The van der Waals surface area contributed by atoms with Gasteiger partial charge in [0.2, 0.25) is 5.95 Å². The van der Waals surface area contributed by atoms with E-state index in [1.165, 1.54) is 7.11 Å². The Kier molecular flexibility index (Phi) is 4.78. The summed E-state index contributed by atoms with van der Waals surface area (Å²) in [7, 11) is 1.51. The number of phenols is 1. The molecule has 0 amide bonds. The molecule has 0 unspecified atom stereocenters. The van der Waals surface area contributed by atoms with E-state index in [0.717, 1.165) is 17.5 Å². The Morgan fingerprint density at radius 3 is 2.52 bits per heavy atom. The van der Waals surface area contributed by atoms with Crippen molar-refractivity contribution in [2.45, 2.75) is 20.3 Å². The van der Waals surface area contributed by atoms with Gasteiger partial charge in [-0.05, 0) is 38.0 Å². The van der Waals surface area contributed by atoms with Gasteiger partial charge in [0.25, 0.3) is 0 Å². The quantitative estimate of drug-likeness (QED) is 0.704. The number of anilines is 1. The molecule has 2 heterocycles. The summed E-state index contributed by atoms with van der Waals surface area (Å²) in [4.78, 5) is 12.9. The molecule has 0 aliphatic carbocycles. The van der Waals surface area contributed by atoms with Crippen LogP contribution in [-0.4, -0.2) is 38.9 Å². The smallest absolute Gasteiger partial charge is 0.321 e. The lowest BCUT2D eigenvalue weighted by atomic mass is 10.1. The number of rotatable bonds is 6. The first-order valence-corrected chi connectivity index (χ1v) is 7.82. The van der Waals surface area contributed by atoms with Gasteiger partial charge in [0, 0.05) is 6.54 Å². The van der Waals surface area contributed by atoms with Crippen LogP contribution < -0.4 is 10.1 Å². The van der Waals surface area contributed by atoms with Crippen LogP contribution in [-0.2, 0) is 6.42 Å². The Morgan fingerprint density at radius 1 is 1.12 bits per heavy atom. The van der Waals surface area contributed by atoms with Crippen molar-refractivity contribution in [3.63, 3.8) is 0 Å². The first kappa shape index (κ1) is 16.7. The predicted octanol–water partition coefficient (Wildman–Crippen LogP) is 2.51. The van der Waals surface area contributed by atoms with Crippen LogP contribution in [0.25, 0.3) is 11.4 Å². The molecule has 8 heteroatoms. The predicted molar refractivity (Wildman–Crippen MR) is 91.7 cm³/mol. The second-order valence-electron chi connectivity index (χ2n) is 5.51. The standard InChI is InChI=1S/C17H19N5O3/c1-10-14(11(2)25-22-10)15-19-16(21-17(20-15)24-3)18-9-8-12-4-6-13(23)7-5-12/h4-7,23H,8-9H2,1-3H3,(H,18,19,20,21). The van der Waals surface area contributed by atoms with Crippen LogP contribution >= 0.6 is 0 Å². The van der Waals surface area contributed by atoms with Crippen molar-refractivity contribution in [1.82, 2.24) is 20.1 Å². The van der Waals surface area contributed by atoms with Crippen molar-refractivity contribution in [2.24, 2.45) is 0 Å². The van der Waals surface area contributed by atoms with Crippen molar-refractivity contribution in [3.05, 3.63) is 41.3 Å². The lowest BCUT2D eigenvalue weighted by Crippen LogP contribution is -2.10. The molecule has 0 bridgehead atoms. The Labute approximate surface area is 144 Å². The summed E-state index contributed by atoms with van der Waals surface area (Å²) in [5.41, 5.74) is 2.54. The minimum atomic E-state index is 0.220. The number of nitrogens with one attached hydrogen (secondary N) is 1. The van der Waals surface area contributed by atoms with Crippen LogP contribution in [0.4, 0.5) is 5.95 Å². The Hall–Kier alpha value is -3.16. The van der Waals surface area contributed by atoms with Crippen molar-refractivity contribution < 1.29 is 14.4 Å². The molecule has 0 radical (unpaired) electrons. The molecule has 0 aliphatic heterocycles. The number of benzene rings is 1. The minimum absolute atomic E-state index is 0.220. The molecular formula is C17H19N5O3. The van der Waals surface area contributed by atoms with E-state index in [9.17, 15) is 5.11 Å². The maximum atomic E-state index is 9.31. The molecule has 2 N–H and O–H groups in total. The van der Waals surface area contributed by atoms with Crippen LogP contribution in [0.5, 0.6) is 11.8 Å². The zero-order chi connectivity index (χ0) is 17.8. The number of phenolic OH excluding ortho intramolecular Hbond substituents is 1. The van der Waals surface area contributed by atoms with Crippen molar-refractivity contribution >= 4 is 5.95 Å². The van der Waals surface area contributed by atoms with Gasteiger partial charge in [-0.2, -0.15) is 15.0 Å². The summed E-state index contributed by atoms with van der Waals surface area (Å²) in [6, 6.07) is 7.30. The number of methoxy groups -OCH3 is 1. The van der Waals surface area contributed by atoms with Crippen LogP contribution in [0, 0.1) is 13.8 Å². The van der Waals surface area contributed by atoms with E-state index in [2.05, 4.69) is 25.4 Å². The van der Waals surface area contributed by atoms with Gasteiger partial charge in [0.15, 0.2) is 5.82 Å². The third kappa shape index (κ3) is 3.85. The fourth-order valence-corrected chi connectivity index (χ4v) is 2.42. The van der Waals surface area contributed by atoms with Gasteiger partial charge < -0.3 is 19.7 Å². The van der Waals surface area contributed by atoms with Crippen molar-refractivity contribution in [3.8, 4) is 23.1 Å². The largest absolute Gasteiger partial charge is 0.508 e. The van der Waals surface area contributed by atoms with Crippen molar-refractivity contribution in [2.75, 3.05) is 19.0 Å². The zero-order valence-corrected chi connectivity index (χ0v) is 14.3. The number of hydrogen-bond donors (Lipinski definition) is 2. The average molecular weight is 341 g/mol. The number of aryl methyl sites for hydroxylation is 2. The normalized spacial score (nSPS) is 10.7. The molecule has 25 heavy (non-hydrogen) atoms. The van der Waals surface area contributed by atoms with E-state index in [4.69, 9.17) is 9.26 Å². The topological polar surface area (TPSA) is 106 Å². The maximum Gasteiger partial charge on any atom is 0.321 e. The third-order valence-electron chi connectivity index (χ3n) is 3.69. The molecule has 0 saturated carbocycles. The molecule has 8 nitrogen and oxygen atoms in total. The number of nitrogens with zero attached hydrogens (tertiary/aromatic N) is 4. The highest BCUT2D eigenvalue weighted by Gasteiger charge is 2.17. The second-order valence-corrected chi connectivity index (χ2v) is 5.51. The van der Waals surface area contributed by atoms with Crippen LogP contribution in [0.2, 0.25) is 0 Å². The number of ether oxygens (including phenoxy) is 1. The Morgan fingerprint density at radius 2 is 1.88 bits per heavy atom. The molecular weight excluding hydrogens is 322 g/mol. The van der Waals surface area contributed by atoms with Crippen LogP contribution in [0.3, 0.4) is 0 Å². The SMILES string of the molecule is COc1nc(NCCc2ccc(O)cc2)nc(-c2c(C)noc2C)n1. The van der Waals surface area contributed by atoms with Crippen LogP contribution in [0.1, 0.15) is 17.0 Å². The van der Waals surface area contributed by atoms with Crippen LogP contribution in [0.15, 0.2) is 28.8 Å². The fourth-order valence-electron chi connectivity index (χ4n) is 2.42. The third-order valence-corrected chi connectivity index (χ3v) is 3.69. The summed E-state index contributed by atoms with van der Waals surface area (Å²) in [5, 5.41) is 16.4. The summed E-state index contributed by atoms with van der Waals surface area (Å²) >= 11 is 0. The first-order chi connectivity index (χ1) is 12.1. The molecule has 0 spiro atoms. The summed E-state index contributed by atoms with van der Waals surface area (Å²) in [5.74, 6) is 1.76. The summed E-state index contributed by atoms with van der Waals surface area (Å²) in [6.45, 7) is 4.27. The second kappa shape index (κ2) is 7.16. The van der Waals surface area contributed by atoms with E-state index in [1.807, 2.05) is 26.0 Å². The molecule has 3 aromatic rings. The van der Waals surface area contributed by atoms with Gasteiger partial charge in [-0.3, -0.25) is 0 Å². The van der Waals surface area contributed by atoms with Gasteiger partial charge in [-0.15, -0.1) is 0 Å². The molecule has 0 atom stereocenters. The molecule has 130 valence electrons. The maximum absolute atomic E-state index is 9.31. The number of hydrogen-bond acceptors (Lipinski definition) is 8. The Bertz CT molecular complexity index is 842. The average Bonchev–Trinajstić information content (AvgIpc) is 2.95. The highest BCUT2D eigenvalue weighted by atomic mass is 16.5. The molecule has 2 aromatic heterocycles. The molecule has 1 aromatic carbocycles. The van der Waals surface area contributed by atoms with Gasteiger partial charge >= 0.3 is 6.01 Å². The monoisotopic (exact) mass is 341 g/mol. The van der Waals surface area contributed by atoms with Gasteiger partial charge in [0.1, 0.15) is 11.5 Å². The number of aromatic hydroxyl groups is 1. The first-order valence-electron chi connectivity index (χ1n) is 7.82. The van der Waals surface area contributed by atoms with Crippen molar-refractivity contribution in [1.29, 1.82) is 0 Å². The van der Waals surface area contributed by atoms with Gasteiger partial charge in [0.05, 0.1) is 18.4 Å². The van der Waals surface area contributed by atoms with E-state index in [-0.39, 0.29) is 11.8 Å². The van der Waals surface area contributed by atoms with E-state index in [1.54, 1.807) is 12.1 Å². The van der Waals surface area contributed by atoms with E-state index < -0.39 is 0 Å². The van der Waals surface area contributed by atoms with Gasteiger partial charge in [-0.25, -0.2) is 0 Å². The van der Waals surface area contributed by atoms with E-state index in [0.29, 0.717) is 29.8 Å². The minimum Gasteiger partial charge on any atom is -0.508 e. The highest BCUT2D eigenvalue weighted by Crippen LogP contribution is 2.25. The zero-order valence-electron chi connectivity index (χ0n) is 14.3. The number of aromatic nitrogens is 4. The molecule has 0 aliphatic rings. The van der Waals surface area contributed by atoms with Gasteiger partial charge in [-0.1, -0.05) is 17.3 Å². The lowest BCUT2D eigenvalue weighted by Gasteiger charge is -2.08. The van der Waals surface area contributed by atoms with E-state index >= 15 is 0 Å². The molecule has 0 fully saturated rings. The Balaban J connectivity index is 1.77. The fraction of sp³-hybridized carbons (Fsp3) is 0.294. The molecule has 0 saturated heterocycles. The summed E-state index contributed by atoms with van der Waals surface area (Å²) in [6.07, 6.45) is 0.759. The highest BCUT2D eigenvalue weighted by molar-refractivity contribution is 5.61. The lowest BCUT2D eigenvalue weighted by molar-refractivity contribution is 0.379.